The molecule has 0 spiro atoms. The summed E-state index contributed by atoms with van der Waals surface area (Å²) in [4.78, 5) is 2.62. The van der Waals surface area contributed by atoms with E-state index in [4.69, 9.17) is 0 Å². The average Bonchev–Trinajstić information content (AvgIpc) is 2.34. The maximum Gasteiger partial charge on any atom is 0.00950 e. The average molecular weight is 240 g/mol. The van der Waals surface area contributed by atoms with Crippen molar-refractivity contribution in [2.75, 3.05) is 20.1 Å². The van der Waals surface area contributed by atoms with Gasteiger partial charge in [0.25, 0.3) is 0 Å². The second-order valence-corrected chi connectivity index (χ2v) is 6.19. The lowest BCUT2D eigenvalue weighted by Crippen LogP contribution is -2.41. The minimum atomic E-state index is 0.720. The van der Waals surface area contributed by atoms with E-state index in [1.54, 1.807) is 0 Å². The fourth-order valence-electron chi connectivity index (χ4n) is 2.75. The van der Waals surface area contributed by atoms with Crippen LogP contribution in [0, 0.1) is 5.92 Å². The largest absolute Gasteiger partial charge is 0.316 e. The molecule has 1 N–H and O–H groups in total. The molecule has 0 aromatic rings. The zero-order chi connectivity index (χ0) is 12.7. The van der Waals surface area contributed by atoms with Crippen molar-refractivity contribution in [1.29, 1.82) is 0 Å². The van der Waals surface area contributed by atoms with Gasteiger partial charge in [0.05, 0.1) is 0 Å². The van der Waals surface area contributed by atoms with Crippen molar-refractivity contribution < 1.29 is 0 Å². The van der Waals surface area contributed by atoms with E-state index >= 15 is 0 Å². The molecule has 17 heavy (non-hydrogen) atoms. The number of rotatable bonds is 7. The first-order chi connectivity index (χ1) is 8.11. The monoisotopic (exact) mass is 240 g/mol. The number of hydrogen-bond donors (Lipinski definition) is 1. The van der Waals surface area contributed by atoms with Crippen molar-refractivity contribution in [3.05, 3.63) is 0 Å². The summed E-state index contributed by atoms with van der Waals surface area (Å²) in [6, 6.07) is 1.57. The maximum absolute atomic E-state index is 3.55. The van der Waals surface area contributed by atoms with Crippen molar-refractivity contribution in [3.63, 3.8) is 0 Å². The molecule has 0 aliphatic heterocycles. The summed E-state index contributed by atoms with van der Waals surface area (Å²) in [5, 5.41) is 3.55. The Balaban J connectivity index is 2.14. The van der Waals surface area contributed by atoms with Gasteiger partial charge in [-0.2, -0.15) is 0 Å². The minimum absolute atomic E-state index is 0.720. The van der Waals surface area contributed by atoms with Gasteiger partial charge in [0.15, 0.2) is 0 Å². The Morgan fingerprint density at radius 1 is 1.12 bits per heavy atom. The first-order valence-electron chi connectivity index (χ1n) is 7.54. The van der Waals surface area contributed by atoms with Crippen LogP contribution in [-0.2, 0) is 0 Å². The molecule has 102 valence electrons. The molecule has 1 fully saturated rings. The minimum Gasteiger partial charge on any atom is -0.316 e. The number of hydrogen-bond acceptors (Lipinski definition) is 2. The Kier molecular flexibility index (Phi) is 7.14. The normalized spacial score (nSPS) is 20.1. The molecule has 1 saturated carbocycles. The topological polar surface area (TPSA) is 15.3 Å². The van der Waals surface area contributed by atoms with E-state index in [1.165, 1.54) is 38.5 Å². The molecule has 2 nitrogen and oxygen atoms in total. The first-order valence-corrected chi connectivity index (χ1v) is 7.54. The van der Waals surface area contributed by atoms with E-state index in [9.17, 15) is 0 Å². The van der Waals surface area contributed by atoms with Gasteiger partial charge in [-0.25, -0.2) is 0 Å². The molecule has 0 aromatic heterocycles. The van der Waals surface area contributed by atoms with Gasteiger partial charge in [0.2, 0.25) is 0 Å². The predicted molar refractivity (Wildman–Crippen MR) is 76.4 cm³/mol. The van der Waals surface area contributed by atoms with Crippen LogP contribution in [0.3, 0.4) is 0 Å². The molecule has 0 aromatic carbocycles. The van der Waals surface area contributed by atoms with Crippen LogP contribution in [-0.4, -0.2) is 37.1 Å². The molecule has 2 heteroatoms. The number of nitrogens with zero attached hydrogens (tertiary/aromatic N) is 1. The van der Waals surface area contributed by atoms with Gasteiger partial charge in [-0.3, -0.25) is 0 Å². The van der Waals surface area contributed by atoms with Crippen molar-refractivity contribution in [2.45, 2.75) is 71.4 Å². The third-order valence-corrected chi connectivity index (χ3v) is 4.14. The Hall–Kier alpha value is -0.0800. The van der Waals surface area contributed by atoms with Crippen LogP contribution in [0.25, 0.3) is 0 Å². The smallest absolute Gasteiger partial charge is 0.00950 e. The van der Waals surface area contributed by atoms with E-state index in [1.807, 2.05) is 0 Å². The van der Waals surface area contributed by atoms with Crippen LogP contribution in [0.5, 0.6) is 0 Å². The molecule has 0 radical (unpaired) electrons. The van der Waals surface area contributed by atoms with Gasteiger partial charge in [0, 0.05) is 12.1 Å². The zero-order valence-corrected chi connectivity index (χ0v) is 12.3. The van der Waals surface area contributed by atoms with Crippen molar-refractivity contribution in [2.24, 2.45) is 5.92 Å². The lowest BCUT2D eigenvalue weighted by molar-refractivity contribution is 0.140. The van der Waals surface area contributed by atoms with E-state index < -0.39 is 0 Å². The molecule has 1 aliphatic carbocycles. The highest BCUT2D eigenvalue weighted by atomic mass is 15.2. The summed E-state index contributed by atoms with van der Waals surface area (Å²) in [5.74, 6) is 0.765. The maximum atomic E-state index is 3.55. The zero-order valence-electron chi connectivity index (χ0n) is 12.3. The molecule has 0 amide bonds. The van der Waals surface area contributed by atoms with Gasteiger partial charge in [-0.1, -0.05) is 33.1 Å². The standard InChI is InChI=1S/C15H32N2/c1-13(2)12-16-11-10-14(3)17(4)15-8-6-5-7-9-15/h13-16H,5-12H2,1-4H3. The molecule has 1 unspecified atom stereocenters. The summed E-state index contributed by atoms with van der Waals surface area (Å²) in [6.45, 7) is 9.23. The van der Waals surface area contributed by atoms with E-state index in [0.29, 0.717) is 0 Å². The van der Waals surface area contributed by atoms with Crippen LogP contribution in [0.2, 0.25) is 0 Å². The van der Waals surface area contributed by atoms with E-state index in [2.05, 4.69) is 38.0 Å². The van der Waals surface area contributed by atoms with Crippen LogP contribution in [0.4, 0.5) is 0 Å². The van der Waals surface area contributed by atoms with Crippen LogP contribution in [0.15, 0.2) is 0 Å². The number of nitrogens with one attached hydrogen (secondary N) is 1. The Morgan fingerprint density at radius 2 is 1.76 bits per heavy atom. The molecule has 1 aliphatic rings. The van der Waals surface area contributed by atoms with Gasteiger partial charge < -0.3 is 10.2 Å². The van der Waals surface area contributed by atoms with Gasteiger partial charge in [0.1, 0.15) is 0 Å². The third-order valence-electron chi connectivity index (χ3n) is 4.14. The molecule has 0 bridgehead atoms. The molecule has 1 rings (SSSR count). The SMILES string of the molecule is CC(C)CNCCC(C)N(C)C1CCCCC1. The summed E-state index contributed by atoms with van der Waals surface area (Å²) in [7, 11) is 2.32. The highest BCUT2D eigenvalue weighted by molar-refractivity contribution is 4.77. The molecule has 1 atom stereocenters. The fourth-order valence-corrected chi connectivity index (χ4v) is 2.75. The van der Waals surface area contributed by atoms with Gasteiger partial charge >= 0.3 is 0 Å². The second-order valence-electron chi connectivity index (χ2n) is 6.19. The predicted octanol–water partition coefficient (Wildman–Crippen LogP) is 3.28. The Morgan fingerprint density at radius 3 is 2.35 bits per heavy atom. The summed E-state index contributed by atoms with van der Waals surface area (Å²) >= 11 is 0. The van der Waals surface area contributed by atoms with Crippen LogP contribution >= 0.6 is 0 Å². The molecular weight excluding hydrogens is 208 g/mol. The van der Waals surface area contributed by atoms with Crippen LogP contribution in [0.1, 0.15) is 59.3 Å². The van der Waals surface area contributed by atoms with Crippen molar-refractivity contribution in [3.8, 4) is 0 Å². The van der Waals surface area contributed by atoms with E-state index in [-0.39, 0.29) is 0 Å². The summed E-state index contributed by atoms with van der Waals surface area (Å²) in [6.07, 6.45) is 8.44. The fraction of sp³-hybridized carbons (Fsp3) is 1.00. The Labute approximate surface area is 108 Å². The van der Waals surface area contributed by atoms with Crippen molar-refractivity contribution >= 4 is 0 Å². The lowest BCUT2D eigenvalue weighted by Gasteiger charge is -2.35. The van der Waals surface area contributed by atoms with Crippen molar-refractivity contribution in [1.82, 2.24) is 10.2 Å². The quantitative estimate of drug-likeness (QED) is 0.687. The van der Waals surface area contributed by atoms with Gasteiger partial charge in [-0.15, -0.1) is 0 Å². The highest BCUT2D eigenvalue weighted by Crippen LogP contribution is 2.23. The third kappa shape index (κ3) is 5.87. The van der Waals surface area contributed by atoms with Gasteiger partial charge in [-0.05, 0) is 52.2 Å². The molecule has 0 saturated heterocycles. The summed E-state index contributed by atoms with van der Waals surface area (Å²) < 4.78 is 0. The highest BCUT2D eigenvalue weighted by Gasteiger charge is 2.21. The van der Waals surface area contributed by atoms with E-state index in [0.717, 1.165) is 31.1 Å². The lowest BCUT2D eigenvalue weighted by atomic mass is 9.93. The molecule has 0 heterocycles. The second kappa shape index (κ2) is 8.10. The summed E-state index contributed by atoms with van der Waals surface area (Å²) in [5.41, 5.74) is 0. The Bertz CT molecular complexity index is 185. The van der Waals surface area contributed by atoms with Crippen LogP contribution < -0.4 is 5.32 Å². The molecular formula is C15H32N2. The first kappa shape index (κ1) is 15.0.